The summed E-state index contributed by atoms with van der Waals surface area (Å²) in [4.78, 5) is 24.6. The third-order valence-electron chi connectivity index (χ3n) is 2.98. The molecule has 0 saturated heterocycles. The second-order valence-electron chi connectivity index (χ2n) is 4.65. The van der Waals surface area contributed by atoms with Crippen LogP contribution in [0.4, 0.5) is 5.69 Å². The Bertz CT molecular complexity index is 494. The summed E-state index contributed by atoms with van der Waals surface area (Å²) in [5.74, 6) is -1.12. The minimum absolute atomic E-state index is 0.0573. The summed E-state index contributed by atoms with van der Waals surface area (Å²) in [6.07, 6.45) is 1.78. The van der Waals surface area contributed by atoms with Crippen molar-refractivity contribution in [2.75, 3.05) is 12.3 Å². The fraction of sp³-hybridized carbons (Fsp3) is 0.385. The Balaban J connectivity index is 2.16. The van der Waals surface area contributed by atoms with Crippen LogP contribution in [0, 0.1) is 0 Å². The van der Waals surface area contributed by atoms with Crippen molar-refractivity contribution in [3.8, 4) is 0 Å². The molecule has 1 aliphatic rings. The van der Waals surface area contributed by atoms with E-state index in [0.29, 0.717) is 16.3 Å². The van der Waals surface area contributed by atoms with Gasteiger partial charge in [-0.15, -0.1) is 0 Å². The number of anilines is 1. The number of halogens is 1. The van der Waals surface area contributed by atoms with Crippen molar-refractivity contribution in [1.29, 1.82) is 0 Å². The van der Waals surface area contributed by atoms with E-state index in [2.05, 4.69) is 0 Å². The molecule has 1 saturated carbocycles. The lowest BCUT2D eigenvalue weighted by Gasteiger charge is -2.22. The van der Waals surface area contributed by atoms with E-state index < -0.39 is 5.97 Å². The SMILES string of the molecule is Nc1cc(Cl)cc(C(=O)N(CCC(=O)O)C2CC2)c1. The van der Waals surface area contributed by atoms with Crippen LogP contribution >= 0.6 is 11.6 Å². The molecular weight excluding hydrogens is 268 g/mol. The zero-order chi connectivity index (χ0) is 14.0. The average molecular weight is 283 g/mol. The molecule has 0 unspecified atom stereocenters. The highest BCUT2D eigenvalue weighted by Crippen LogP contribution is 2.29. The lowest BCUT2D eigenvalue weighted by molar-refractivity contribution is -0.137. The maximum atomic E-state index is 12.4. The van der Waals surface area contributed by atoms with Gasteiger partial charge in [0.25, 0.3) is 5.91 Å². The van der Waals surface area contributed by atoms with Crippen LogP contribution in [0.2, 0.25) is 5.02 Å². The molecule has 0 spiro atoms. The van der Waals surface area contributed by atoms with Gasteiger partial charge in [0.15, 0.2) is 0 Å². The molecule has 0 radical (unpaired) electrons. The van der Waals surface area contributed by atoms with Crippen molar-refractivity contribution >= 4 is 29.2 Å². The van der Waals surface area contributed by atoms with E-state index in [1.54, 1.807) is 23.1 Å². The number of rotatable bonds is 5. The molecule has 6 heteroatoms. The van der Waals surface area contributed by atoms with Gasteiger partial charge < -0.3 is 15.7 Å². The number of nitrogen functional groups attached to an aromatic ring is 1. The molecule has 0 aliphatic heterocycles. The zero-order valence-corrected chi connectivity index (χ0v) is 11.1. The van der Waals surface area contributed by atoms with Crippen LogP contribution in [0.3, 0.4) is 0 Å². The minimum atomic E-state index is -0.913. The van der Waals surface area contributed by atoms with Crippen molar-refractivity contribution < 1.29 is 14.7 Å². The monoisotopic (exact) mass is 282 g/mol. The first-order valence-corrected chi connectivity index (χ1v) is 6.44. The smallest absolute Gasteiger partial charge is 0.305 e. The Morgan fingerprint density at radius 3 is 2.58 bits per heavy atom. The largest absolute Gasteiger partial charge is 0.481 e. The molecule has 1 aromatic rings. The predicted molar refractivity (Wildman–Crippen MR) is 72.2 cm³/mol. The lowest BCUT2D eigenvalue weighted by Crippen LogP contribution is -2.35. The molecule has 1 fully saturated rings. The number of carbonyl (C=O) groups excluding carboxylic acids is 1. The van der Waals surface area contributed by atoms with Gasteiger partial charge in [-0.2, -0.15) is 0 Å². The van der Waals surface area contributed by atoms with Crippen LogP contribution in [0.15, 0.2) is 18.2 Å². The van der Waals surface area contributed by atoms with Gasteiger partial charge in [-0.05, 0) is 31.0 Å². The minimum Gasteiger partial charge on any atom is -0.481 e. The van der Waals surface area contributed by atoms with E-state index in [1.165, 1.54) is 0 Å². The molecule has 19 heavy (non-hydrogen) atoms. The van der Waals surface area contributed by atoms with Gasteiger partial charge in [0, 0.05) is 28.9 Å². The number of nitrogens with zero attached hydrogens (tertiary/aromatic N) is 1. The fourth-order valence-electron chi connectivity index (χ4n) is 1.95. The van der Waals surface area contributed by atoms with Crippen molar-refractivity contribution in [2.24, 2.45) is 0 Å². The second-order valence-corrected chi connectivity index (χ2v) is 5.08. The Labute approximate surface area is 116 Å². The van der Waals surface area contributed by atoms with Gasteiger partial charge in [0.1, 0.15) is 0 Å². The lowest BCUT2D eigenvalue weighted by atomic mass is 10.1. The van der Waals surface area contributed by atoms with Crippen LogP contribution < -0.4 is 5.73 Å². The van der Waals surface area contributed by atoms with E-state index >= 15 is 0 Å². The standard InChI is InChI=1S/C13H15ClN2O3/c14-9-5-8(6-10(15)7-9)13(19)16(11-1-2-11)4-3-12(17)18/h5-7,11H,1-4,15H2,(H,17,18). The third-order valence-corrected chi connectivity index (χ3v) is 3.20. The normalized spacial score (nSPS) is 14.2. The molecule has 0 bridgehead atoms. The Morgan fingerprint density at radius 2 is 2.05 bits per heavy atom. The third kappa shape index (κ3) is 3.61. The first-order chi connectivity index (χ1) is 8.97. The number of hydrogen-bond donors (Lipinski definition) is 2. The average Bonchev–Trinajstić information content (AvgIpc) is 3.11. The predicted octanol–water partition coefficient (Wildman–Crippen LogP) is 2.00. The highest BCUT2D eigenvalue weighted by Gasteiger charge is 2.33. The second kappa shape index (κ2) is 5.48. The Hall–Kier alpha value is -1.75. The highest BCUT2D eigenvalue weighted by molar-refractivity contribution is 6.31. The van der Waals surface area contributed by atoms with Crippen LogP contribution in [0.1, 0.15) is 29.6 Å². The first kappa shape index (κ1) is 13.7. The van der Waals surface area contributed by atoms with Gasteiger partial charge in [0.05, 0.1) is 6.42 Å². The number of aliphatic carboxylic acids is 1. The molecule has 102 valence electrons. The van der Waals surface area contributed by atoms with E-state index in [-0.39, 0.29) is 24.9 Å². The van der Waals surface area contributed by atoms with Gasteiger partial charge in [-0.25, -0.2) is 0 Å². The number of hydrogen-bond acceptors (Lipinski definition) is 3. The zero-order valence-electron chi connectivity index (χ0n) is 10.3. The van der Waals surface area contributed by atoms with Gasteiger partial charge in [-0.3, -0.25) is 9.59 Å². The molecule has 0 heterocycles. The topological polar surface area (TPSA) is 83.6 Å². The number of carboxylic acid groups (broad SMARTS) is 1. The van der Waals surface area contributed by atoms with E-state index in [9.17, 15) is 9.59 Å². The summed E-state index contributed by atoms with van der Waals surface area (Å²) in [5.41, 5.74) is 6.49. The molecule has 2 rings (SSSR count). The van der Waals surface area contributed by atoms with Crippen LogP contribution in [-0.2, 0) is 4.79 Å². The van der Waals surface area contributed by atoms with Gasteiger partial charge >= 0.3 is 5.97 Å². The van der Waals surface area contributed by atoms with Crippen molar-refractivity contribution in [3.05, 3.63) is 28.8 Å². The summed E-state index contributed by atoms with van der Waals surface area (Å²) < 4.78 is 0. The van der Waals surface area contributed by atoms with E-state index in [1.807, 2.05) is 0 Å². The molecular formula is C13H15ClN2O3. The van der Waals surface area contributed by atoms with Crippen molar-refractivity contribution in [3.63, 3.8) is 0 Å². The van der Waals surface area contributed by atoms with Crippen molar-refractivity contribution in [2.45, 2.75) is 25.3 Å². The number of benzene rings is 1. The fourth-order valence-corrected chi connectivity index (χ4v) is 2.20. The Kier molecular flexibility index (Phi) is 3.95. The molecule has 1 amide bonds. The number of carboxylic acids is 1. The van der Waals surface area contributed by atoms with Crippen LogP contribution in [0.25, 0.3) is 0 Å². The van der Waals surface area contributed by atoms with Gasteiger partial charge in [-0.1, -0.05) is 11.6 Å². The highest BCUT2D eigenvalue weighted by atomic mass is 35.5. The number of carbonyl (C=O) groups is 2. The maximum absolute atomic E-state index is 12.4. The van der Waals surface area contributed by atoms with Crippen molar-refractivity contribution in [1.82, 2.24) is 4.90 Å². The molecule has 1 aromatic carbocycles. The summed E-state index contributed by atoms with van der Waals surface area (Å²) >= 11 is 5.88. The number of amides is 1. The quantitative estimate of drug-likeness (QED) is 0.809. The molecule has 0 aromatic heterocycles. The molecule has 0 atom stereocenters. The summed E-state index contributed by atoms with van der Waals surface area (Å²) in [7, 11) is 0. The summed E-state index contributed by atoms with van der Waals surface area (Å²) in [6.45, 7) is 0.214. The maximum Gasteiger partial charge on any atom is 0.305 e. The Morgan fingerprint density at radius 1 is 1.37 bits per heavy atom. The molecule has 3 N–H and O–H groups in total. The number of nitrogens with two attached hydrogens (primary N) is 1. The summed E-state index contributed by atoms with van der Waals surface area (Å²) in [6, 6.07) is 4.82. The van der Waals surface area contributed by atoms with Gasteiger partial charge in [0.2, 0.25) is 0 Å². The molecule has 5 nitrogen and oxygen atoms in total. The van der Waals surface area contributed by atoms with E-state index in [0.717, 1.165) is 12.8 Å². The first-order valence-electron chi connectivity index (χ1n) is 6.06. The molecule has 1 aliphatic carbocycles. The van der Waals surface area contributed by atoms with E-state index in [4.69, 9.17) is 22.4 Å². The van der Waals surface area contributed by atoms with Crippen LogP contribution in [0.5, 0.6) is 0 Å². The van der Waals surface area contributed by atoms with Crippen LogP contribution in [-0.4, -0.2) is 34.5 Å². The summed E-state index contributed by atoms with van der Waals surface area (Å²) in [5, 5.41) is 9.13.